The average molecular weight is 218 g/mol. The van der Waals surface area contributed by atoms with E-state index < -0.39 is 5.56 Å². The van der Waals surface area contributed by atoms with Gasteiger partial charge in [0.25, 0.3) is 5.56 Å². The van der Waals surface area contributed by atoms with E-state index in [4.69, 9.17) is 5.26 Å². The van der Waals surface area contributed by atoms with Crippen LogP contribution < -0.4 is 5.56 Å². The minimum Gasteiger partial charge on any atom is -0.494 e. The molecule has 0 amide bonds. The number of aromatic nitrogens is 1. The van der Waals surface area contributed by atoms with Crippen molar-refractivity contribution < 1.29 is 5.11 Å². The highest BCUT2D eigenvalue weighted by Crippen LogP contribution is 2.22. The van der Waals surface area contributed by atoms with Crippen LogP contribution in [0.25, 0.3) is 0 Å². The minimum atomic E-state index is -0.437. The maximum atomic E-state index is 11.8. The summed E-state index contributed by atoms with van der Waals surface area (Å²) < 4.78 is 1.20. The highest BCUT2D eigenvalue weighted by atomic mass is 16.3. The highest BCUT2D eigenvalue weighted by Gasteiger charge is 2.16. The van der Waals surface area contributed by atoms with E-state index in [0.717, 1.165) is 0 Å². The SMILES string of the molecule is C=CCc1c(C)c(C#N)c(=O)n(CC)c1O. The fourth-order valence-electron chi connectivity index (χ4n) is 1.69. The second kappa shape index (κ2) is 4.67. The predicted octanol–water partition coefficient (Wildman–Crippen LogP) is 1.48. The van der Waals surface area contributed by atoms with Crippen LogP contribution in [0.2, 0.25) is 0 Å². The molecule has 0 fully saturated rings. The third-order valence-corrected chi connectivity index (χ3v) is 2.59. The molecule has 0 atom stereocenters. The summed E-state index contributed by atoms with van der Waals surface area (Å²) >= 11 is 0. The van der Waals surface area contributed by atoms with Crippen LogP contribution in [0.1, 0.15) is 23.6 Å². The van der Waals surface area contributed by atoms with Gasteiger partial charge in [0.1, 0.15) is 11.6 Å². The van der Waals surface area contributed by atoms with Gasteiger partial charge in [-0.25, -0.2) is 0 Å². The van der Waals surface area contributed by atoms with E-state index in [9.17, 15) is 9.90 Å². The van der Waals surface area contributed by atoms with Crippen LogP contribution in [0.15, 0.2) is 17.4 Å². The maximum Gasteiger partial charge on any atom is 0.271 e. The number of hydrogen-bond acceptors (Lipinski definition) is 3. The van der Waals surface area contributed by atoms with E-state index in [1.807, 2.05) is 6.07 Å². The molecule has 0 aliphatic carbocycles. The molecule has 0 spiro atoms. The lowest BCUT2D eigenvalue weighted by Gasteiger charge is -2.13. The fourth-order valence-corrected chi connectivity index (χ4v) is 1.69. The topological polar surface area (TPSA) is 66.0 Å². The monoisotopic (exact) mass is 218 g/mol. The van der Waals surface area contributed by atoms with Crippen molar-refractivity contribution in [3.63, 3.8) is 0 Å². The van der Waals surface area contributed by atoms with Gasteiger partial charge in [0.15, 0.2) is 5.88 Å². The molecule has 84 valence electrons. The summed E-state index contributed by atoms with van der Waals surface area (Å²) in [6.45, 7) is 7.34. The molecule has 4 heteroatoms. The number of allylic oxidation sites excluding steroid dienone is 1. The molecule has 0 unspecified atom stereocenters. The van der Waals surface area contributed by atoms with Crippen molar-refractivity contribution in [3.8, 4) is 11.9 Å². The van der Waals surface area contributed by atoms with Gasteiger partial charge in [0.2, 0.25) is 0 Å². The molecule has 0 aromatic carbocycles. The molecule has 0 saturated heterocycles. The van der Waals surface area contributed by atoms with Crippen LogP contribution in [0.4, 0.5) is 0 Å². The van der Waals surface area contributed by atoms with E-state index in [0.29, 0.717) is 24.1 Å². The molecule has 4 nitrogen and oxygen atoms in total. The van der Waals surface area contributed by atoms with Crippen molar-refractivity contribution in [1.82, 2.24) is 4.57 Å². The van der Waals surface area contributed by atoms with Gasteiger partial charge in [0, 0.05) is 12.1 Å². The van der Waals surface area contributed by atoms with Crippen LogP contribution >= 0.6 is 0 Å². The van der Waals surface area contributed by atoms with Crippen LogP contribution in [0.3, 0.4) is 0 Å². The number of rotatable bonds is 3. The Bertz CT molecular complexity index is 521. The molecule has 0 aliphatic heterocycles. The standard InChI is InChI=1S/C12H14N2O2/c1-4-6-9-8(3)10(7-13)12(16)14(5-2)11(9)15/h4,15H,1,5-6H2,2-3H3. The Kier molecular flexibility index (Phi) is 3.51. The normalized spacial score (nSPS) is 9.81. The number of hydrogen-bond donors (Lipinski definition) is 1. The van der Waals surface area contributed by atoms with Gasteiger partial charge < -0.3 is 5.11 Å². The van der Waals surface area contributed by atoms with Gasteiger partial charge in [-0.1, -0.05) is 6.08 Å². The first-order valence-corrected chi connectivity index (χ1v) is 5.04. The van der Waals surface area contributed by atoms with Gasteiger partial charge in [0.05, 0.1) is 0 Å². The second-order valence-corrected chi connectivity index (χ2v) is 3.46. The molecular formula is C12H14N2O2. The summed E-state index contributed by atoms with van der Waals surface area (Å²) in [4.78, 5) is 11.8. The second-order valence-electron chi connectivity index (χ2n) is 3.46. The van der Waals surface area contributed by atoms with E-state index in [1.165, 1.54) is 4.57 Å². The van der Waals surface area contributed by atoms with Crippen molar-refractivity contribution in [3.05, 3.63) is 39.7 Å². The maximum absolute atomic E-state index is 11.8. The first-order valence-electron chi connectivity index (χ1n) is 5.04. The Hall–Kier alpha value is -2.02. The van der Waals surface area contributed by atoms with Gasteiger partial charge in [-0.15, -0.1) is 6.58 Å². The fraction of sp³-hybridized carbons (Fsp3) is 0.333. The Labute approximate surface area is 94.1 Å². The number of nitriles is 1. The first kappa shape index (κ1) is 12.1. The molecule has 0 saturated carbocycles. The molecule has 0 bridgehead atoms. The van der Waals surface area contributed by atoms with Crippen LogP contribution in [0, 0.1) is 18.3 Å². The third kappa shape index (κ3) is 1.72. The molecule has 0 aliphatic rings. The molecule has 0 radical (unpaired) electrons. The zero-order chi connectivity index (χ0) is 12.3. The summed E-state index contributed by atoms with van der Waals surface area (Å²) in [5.74, 6) is -0.0658. The molecule has 1 N–H and O–H groups in total. The van der Waals surface area contributed by atoms with E-state index in [2.05, 4.69) is 6.58 Å². The lowest BCUT2D eigenvalue weighted by Crippen LogP contribution is -2.24. The Balaban J connectivity index is 3.71. The predicted molar refractivity (Wildman–Crippen MR) is 61.4 cm³/mol. The largest absolute Gasteiger partial charge is 0.494 e. The van der Waals surface area contributed by atoms with E-state index >= 15 is 0 Å². The van der Waals surface area contributed by atoms with Crippen LogP contribution in [-0.4, -0.2) is 9.67 Å². The average Bonchev–Trinajstić information content (AvgIpc) is 2.26. The molecule has 1 aromatic heterocycles. The summed E-state index contributed by atoms with van der Waals surface area (Å²) in [5, 5.41) is 18.8. The Morgan fingerprint density at radius 2 is 2.25 bits per heavy atom. The molecule has 1 aromatic rings. The molecule has 1 rings (SSSR count). The number of pyridine rings is 1. The zero-order valence-electron chi connectivity index (χ0n) is 9.45. The summed E-state index contributed by atoms with van der Waals surface area (Å²) in [7, 11) is 0. The summed E-state index contributed by atoms with van der Waals surface area (Å²) in [5.41, 5.74) is 0.784. The smallest absolute Gasteiger partial charge is 0.271 e. The van der Waals surface area contributed by atoms with E-state index in [1.54, 1.807) is 19.9 Å². The minimum absolute atomic E-state index is 0.0658. The lowest BCUT2D eigenvalue weighted by atomic mass is 10.0. The molecular weight excluding hydrogens is 204 g/mol. The van der Waals surface area contributed by atoms with Gasteiger partial charge in [-0.2, -0.15) is 5.26 Å². The van der Waals surface area contributed by atoms with Crippen molar-refractivity contribution in [1.29, 1.82) is 5.26 Å². The van der Waals surface area contributed by atoms with Crippen molar-refractivity contribution >= 4 is 0 Å². The van der Waals surface area contributed by atoms with Gasteiger partial charge in [-0.05, 0) is 25.8 Å². The van der Waals surface area contributed by atoms with Gasteiger partial charge >= 0.3 is 0 Å². The highest BCUT2D eigenvalue weighted by molar-refractivity contribution is 5.46. The molecule has 1 heterocycles. The van der Waals surface area contributed by atoms with E-state index in [-0.39, 0.29) is 11.4 Å². The summed E-state index contributed by atoms with van der Waals surface area (Å²) in [6.07, 6.45) is 2.07. The van der Waals surface area contributed by atoms with Crippen LogP contribution in [-0.2, 0) is 13.0 Å². The van der Waals surface area contributed by atoms with Crippen molar-refractivity contribution in [2.75, 3.05) is 0 Å². The zero-order valence-corrected chi connectivity index (χ0v) is 9.45. The first-order chi connectivity index (χ1) is 7.58. The van der Waals surface area contributed by atoms with Crippen molar-refractivity contribution in [2.24, 2.45) is 0 Å². The Morgan fingerprint density at radius 3 is 2.69 bits per heavy atom. The lowest BCUT2D eigenvalue weighted by molar-refractivity contribution is 0.404. The van der Waals surface area contributed by atoms with Crippen LogP contribution in [0.5, 0.6) is 5.88 Å². The number of aromatic hydroxyl groups is 1. The Morgan fingerprint density at radius 1 is 1.62 bits per heavy atom. The third-order valence-electron chi connectivity index (χ3n) is 2.59. The molecule has 16 heavy (non-hydrogen) atoms. The van der Waals surface area contributed by atoms with Crippen molar-refractivity contribution in [2.45, 2.75) is 26.8 Å². The quantitative estimate of drug-likeness (QED) is 0.781. The summed E-state index contributed by atoms with van der Waals surface area (Å²) in [6, 6.07) is 1.89. The van der Waals surface area contributed by atoms with Gasteiger partial charge in [-0.3, -0.25) is 9.36 Å². The number of nitrogens with zero attached hydrogens (tertiary/aromatic N) is 2.